The van der Waals surface area contributed by atoms with E-state index in [-0.39, 0.29) is 23.8 Å². The molecule has 0 aromatic carbocycles. The Kier molecular flexibility index (Phi) is 4.70. The van der Waals surface area contributed by atoms with Crippen LogP contribution in [0, 0.1) is 5.92 Å². The number of hydrogen-bond acceptors (Lipinski definition) is 4. The maximum atomic E-state index is 12.7. The van der Waals surface area contributed by atoms with Crippen LogP contribution in [0.3, 0.4) is 0 Å². The van der Waals surface area contributed by atoms with E-state index in [2.05, 4.69) is 4.98 Å². The summed E-state index contributed by atoms with van der Waals surface area (Å²) in [6.45, 7) is 2.59. The molecular formula is C19H25N3O3. The summed E-state index contributed by atoms with van der Waals surface area (Å²) in [5.74, 6) is 0.174. The molecule has 1 aromatic heterocycles. The minimum atomic E-state index is -0.140. The van der Waals surface area contributed by atoms with Gasteiger partial charge < -0.3 is 14.5 Å². The zero-order valence-corrected chi connectivity index (χ0v) is 14.5. The molecule has 2 saturated heterocycles. The fourth-order valence-electron chi connectivity index (χ4n) is 3.82. The van der Waals surface area contributed by atoms with Crippen molar-refractivity contribution in [2.75, 3.05) is 19.6 Å². The lowest BCUT2D eigenvalue weighted by molar-refractivity contribution is -0.138. The Balaban J connectivity index is 1.23. The minimum absolute atomic E-state index is 0.140. The van der Waals surface area contributed by atoms with Crippen molar-refractivity contribution in [1.82, 2.24) is 14.8 Å². The molecule has 3 fully saturated rings. The number of aromatic nitrogens is 1. The van der Waals surface area contributed by atoms with E-state index in [1.165, 1.54) is 0 Å². The number of carbonyl (C=O) groups excluding carboxylic acids is 2. The van der Waals surface area contributed by atoms with Gasteiger partial charge >= 0.3 is 0 Å². The van der Waals surface area contributed by atoms with Gasteiger partial charge in [0.05, 0.1) is 24.3 Å². The van der Waals surface area contributed by atoms with Gasteiger partial charge in [-0.25, -0.2) is 0 Å². The first kappa shape index (κ1) is 16.5. The highest BCUT2D eigenvalue weighted by molar-refractivity contribution is 5.89. The molecule has 1 aliphatic carbocycles. The molecule has 0 bridgehead atoms. The van der Waals surface area contributed by atoms with Crippen LogP contribution in [0.1, 0.15) is 37.8 Å². The lowest BCUT2D eigenvalue weighted by Crippen LogP contribution is -2.44. The van der Waals surface area contributed by atoms with E-state index >= 15 is 0 Å². The highest BCUT2D eigenvalue weighted by atomic mass is 16.5. The van der Waals surface area contributed by atoms with Crippen molar-refractivity contribution in [2.45, 2.75) is 50.9 Å². The van der Waals surface area contributed by atoms with Gasteiger partial charge in [0.15, 0.2) is 0 Å². The van der Waals surface area contributed by atoms with Crippen molar-refractivity contribution in [3.05, 3.63) is 30.1 Å². The molecule has 0 spiro atoms. The Bertz CT molecular complexity index is 624. The van der Waals surface area contributed by atoms with Crippen LogP contribution in [0.25, 0.3) is 0 Å². The third-order valence-electron chi connectivity index (χ3n) is 5.44. The van der Waals surface area contributed by atoms with Gasteiger partial charge in [-0.15, -0.1) is 0 Å². The third kappa shape index (κ3) is 3.84. The Morgan fingerprint density at radius 1 is 1.20 bits per heavy atom. The normalized spacial score (nSPS) is 24.8. The molecule has 6 heteroatoms. The number of rotatable bonds is 5. The second kappa shape index (κ2) is 7.12. The molecule has 1 atom stereocenters. The highest BCUT2D eigenvalue weighted by Gasteiger charge is 2.43. The first-order valence-corrected chi connectivity index (χ1v) is 9.30. The number of ether oxygens (including phenoxy) is 1. The van der Waals surface area contributed by atoms with Gasteiger partial charge in [-0.3, -0.25) is 14.6 Å². The van der Waals surface area contributed by atoms with Crippen molar-refractivity contribution in [1.29, 1.82) is 0 Å². The van der Waals surface area contributed by atoms with Crippen LogP contribution >= 0.6 is 0 Å². The first-order chi connectivity index (χ1) is 12.2. The molecule has 6 nitrogen and oxygen atoms in total. The monoisotopic (exact) mass is 343 g/mol. The quantitative estimate of drug-likeness (QED) is 0.815. The van der Waals surface area contributed by atoms with Crippen LogP contribution in [0.2, 0.25) is 0 Å². The van der Waals surface area contributed by atoms with Gasteiger partial charge in [0.2, 0.25) is 11.8 Å². The summed E-state index contributed by atoms with van der Waals surface area (Å²) in [7, 11) is 0. The standard InChI is InChI=1S/C19H25N3O3/c23-18-11-14(12-22(18)16-4-5-16)19(24)21-9-6-17(7-10-21)25-13-15-3-1-2-8-20-15/h1-3,8,14,16-17H,4-7,9-13H2/t14-/m0/s1. The van der Waals surface area contributed by atoms with Crippen molar-refractivity contribution in [2.24, 2.45) is 5.92 Å². The smallest absolute Gasteiger partial charge is 0.227 e. The average molecular weight is 343 g/mol. The number of nitrogens with zero attached hydrogens (tertiary/aromatic N) is 3. The maximum Gasteiger partial charge on any atom is 0.227 e. The summed E-state index contributed by atoms with van der Waals surface area (Å²) in [5, 5.41) is 0. The highest BCUT2D eigenvalue weighted by Crippen LogP contribution is 2.33. The maximum absolute atomic E-state index is 12.7. The summed E-state index contributed by atoms with van der Waals surface area (Å²) in [6.07, 6.45) is 6.26. The summed E-state index contributed by atoms with van der Waals surface area (Å²) in [6, 6.07) is 6.23. The lowest BCUT2D eigenvalue weighted by atomic mass is 10.0. The fourth-order valence-corrected chi connectivity index (χ4v) is 3.82. The van der Waals surface area contributed by atoms with Gasteiger partial charge in [0.25, 0.3) is 0 Å². The van der Waals surface area contributed by atoms with Crippen molar-refractivity contribution in [3.8, 4) is 0 Å². The zero-order valence-electron chi connectivity index (χ0n) is 14.5. The summed E-state index contributed by atoms with van der Waals surface area (Å²) < 4.78 is 5.93. The van der Waals surface area contributed by atoms with Gasteiger partial charge in [-0.05, 0) is 37.8 Å². The van der Waals surface area contributed by atoms with E-state index < -0.39 is 0 Å². The van der Waals surface area contributed by atoms with Crippen LogP contribution < -0.4 is 0 Å². The summed E-state index contributed by atoms with van der Waals surface area (Å²) in [5.41, 5.74) is 0.936. The number of likely N-dealkylation sites (tertiary alicyclic amines) is 2. The van der Waals surface area contributed by atoms with E-state index in [0.29, 0.717) is 25.6 Å². The predicted octanol–water partition coefficient (Wildman–Crippen LogP) is 1.60. The molecule has 3 aliphatic rings. The number of pyridine rings is 1. The Labute approximate surface area is 148 Å². The molecule has 0 unspecified atom stereocenters. The second-order valence-electron chi connectivity index (χ2n) is 7.34. The van der Waals surface area contributed by atoms with Gasteiger partial charge in [0.1, 0.15) is 0 Å². The number of carbonyl (C=O) groups is 2. The lowest BCUT2D eigenvalue weighted by Gasteiger charge is -2.33. The number of hydrogen-bond donors (Lipinski definition) is 0. The van der Waals surface area contributed by atoms with E-state index in [4.69, 9.17) is 4.74 Å². The number of amides is 2. The molecular weight excluding hydrogens is 318 g/mol. The molecule has 25 heavy (non-hydrogen) atoms. The molecule has 1 saturated carbocycles. The topological polar surface area (TPSA) is 62.7 Å². The van der Waals surface area contributed by atoms with Gasteiger partial charge in [0, 0.05) is 38.3 Å². The Hall–Kier alpha value is -1.95. The molecule has 2 amide bonds. The third-order valence-corrected chi connectivity index (χ3v) is 5.44. The summed E-state index contributed by atoms with van der Waals surface area (Å²) >= 11 is 0. The predicted molar refractivity (Wildman–Crippen MR) is 91.5 cm³/mol. The van der Waals surface area contributed by atoms with E-state index in [9.17, 15) is 9.59 Å². The molecule has 1 aromatic rings. The molecule has 134 valence electrons. The first-order valence-electron chi connectivity index (χ1n) is 9.30. The van der Waals surface area contributed by atoms with E-state index in [1.807, 2.05) is 28.0 Å². The van der Waals surface area contributed by atoms with Crippen molar-refractivity contribution in [3.63, 3.8) is 0 Å². The SMILES string of the molecule is O=C([C@H]1CC(=O)N(C2CC2)C1)N1CCC(OCc2ccccn2)CC1. The Morgan fingerprint density at radius 3 is 2.68 bits per heavy atom. The molecule has 2 aliphatic heterocycles. The van der Waals surface area contributed by atoms with Gasteiger partial charge in [-0.2, -0.15) is 0 Å². The largest absolute Gasteiger partial charge is 0.372 e. The van der Waals surface area contributed by atoms with Crippen LogP contribution in [0.5, 0.6) is 0 Å². The molecule has 4 rings (SSSR count). The van der Waals surface area contributed by atoms with Crippen LogP contribution in [-0.4, -0.2) is 58.4 Å². The van der Waals surface area contributed by atoms with Crippen molar-refractivity contribution < 1.29 is 14.3 Å². The van der Waals surface area contributed by atoms with E-state index in [0.717, 1.165) is 44.5 Å². The molecule has 0 N–H and O–H groups in total. The average Bonchev–Trinajstić information content (AvgIpc) is 3.42. The number of piperidine rings is 1. The van der Waals surface area contributed by atoms with Crippen molar-refractivity contribution >= 4 is 11.8 Å². The van der Waals surface area contributed by atoms with Gasteiger partial charge in [-0.1, -0.05) is 6.07 Å². The minimum Gasteiger partial charge on any atom is -0.372 e. The molecule has 0 radical (unpaired) electrons. The van der Waals surface area contributed by atoms with Crippen LogP contribution in [-0.2, 0) is 20.9 Å². The Morgan fingerprint density at radius 2 is 2.00 bits per heavy atom. The van der Waals surface area contributed by atoms with E-state index in [1.54, 1.807) is 6.20 Å². The molecule has 3 heterocycles. The summed E-state index contributed by atoms with van der Waals surface area (Å²) in [4.78, 5) is 32.9. The van der Waals surface area contributed by atoms with Crippen LogP contribution in [0.15, 0.2) is 24.4 Å². The van der Waals surface area contributed by atoms with Crippen LogP contribution in [0.4, 0.5) is 0 Å². The second-order valence-corrected chi connectivity index (χ2v) is 7.34. The fraction of sp³-hybridized carbons (Fsp3) is 0.632. The zero-order chi connectivity index (χ0) is 17.2.